The normalized spacial score (nSPS) is 23.6. The number of rotatable bonds is 2. The van der Waals surface area contributed by atoms with Gasteiger partial charge in [0.05, 0.1) is 6.57 Å². The van der Waals surface area contributed by atoms with Crippen LogP contribution in [0.25, 0.3) is 4.85 Å². The molecule has 0 saturated heterocycles. The van der Waals surface area contributed by atoms with Gasteiger partial charge in [-0.15, -0.1) is 0 Å². The Bertz CT molecular complexity index is 462. The monoisotopic (exact) mass is 209 g/mol. The zero-order valence-corrected chi connectivity index (χ0v) is 9.48. The summed E-state index contributed by atoms with van der Waals surface area (Å²) in [6.45, 7) is 9.20. The summed E-state index contributed by atoms with van der Waals surface area (Å²) < 4.78 is 0. The van der Waals surface area contributed by atoms with Gasteiger partial charge in [0.25, 0.3) is 0 Å². The number of allylic oxidation sites excluding steroid dienone is 3. The van der Waals surface area contributed by atoms with E-state index in [1.165, 1.54) is 5.56 Å². The summed E-state index contributed by atoms with van der Waals surface area (Å²) in [5.41, 5.74) is 2.20. The molecule has 80 valence electrons. The minimum absolute atomic E-state index is 0.0927. The summed E-state index contributed by atoms with van der Waals surface area (Å²) >= 11 is 0. The fourth-order valence-corrected chi connectivity index (χ4v) is 2.20. The Kier molecular flexibility index (Phi) is 2.92. The molecule has 0 fully saturated rings. The van der Waals surface area contributed by atoms with E-state index in [0.29, 0.717) is 0 Å². The Hall–Kier alpha value is -1.81. The van der Waals surface area contributed by atoms with Crippen molar-refractivity contribution in [2.45, 2.75) is 25.2 Å². The van der Waals surface area contributed by atoms with Crippen LogP contribution in [0.4, 0.5) is 0 Å². The zero-order chi connectivity index (χ0) is 11.4. The van der Waals surface area contributed by atoms with Gasteiger partial charge < -0.3 is 0 Å². The van der Waals surface area contributed by atoms with Gasteiger partial charge in [-0.2, -0.15) is 0 Å². The zero-order valence-electron chi connectivity index (χ0n) is 9.48. The van der Waals surface area contributed by atoms with E-state index in [1.807, 2.05) is 18.2 Å². The molecule has 1 aliphatic rings. The maximum atomic E-state index is 6.99. The van der Waals surface area contributed by atoms with Crippen LogP contribution < -0.4 is 0 Å². The molecule has 1 unspecified atom stereocenters. The van der Waals surface area contributed by atoms with Crippen molar-refractivity contribution in [3.63, 3.8) is 0 Å². The molecule has 0 radical (unpaired) electrons. The Morgan fingerprint density at radius 2 is 2.06 bits per heavy atom. The van der Waals surface area contributed by atoms with Crippen molar-refractivity contribution >= 4 is 0 Å². The highest BCUT2D eigenvalue weighted by molar-refractivity contribution is 5.40. The van der Waals surface area contributed by atoms with Gasteiger partial charge in [-0.1, -0.05) is 55.5 Å². The SMILES string of the molecule is [C-]#[N+]C1=CCC(CC)(c2ccccc2)C=C1. The van der Waals surface area contributed by atoms with Crippen LogP contribution in [0.15, 0.2) is 54.3 Å². The van der Waals surface area contributed by atoms with Crippen LogP contribution in [0.5, 0.6) is 0 Å². The van der Waals surface area contributed by atoms with E-state index in [9.17, 15) is 0 Å². The Morgan fingerprint density at radius 3 is 2.56 bits per heavy atom. The second-order valence-corrected chi connectivity index (χ2v) is 4.15. The van der Waals surface area contributed by atoms with Crippen molar-refractivity contribution in [3.05, 3.63) is 71.2 Å². The molecule has 1 heteroatoms. The van der Waals surface area contributed by atoms with Gasteiger partial charge >= 0.3 is 0 Å². The molecule has 1 atom stereocenters. The standard InChI is InChI=1S/C15H15N/c1-3-15(13-7-5-4-6-8-13)11-9-14(16-2)10-12-15/h4-11H,3,12H2,1H3. The van der Waals surface area contributed by atoms with Crippen molar-refractivity contribution in [3.8, 4) is 0 Å². The van der Waals surface area contributed by atoms with Crippen LogP contribution in [0.1, 0.15) is 25.3 Å². The van der Waals surface area contributed by atoms with Gasteiger partial charge in [-0.05, 0) is 18.4 Å². The van der Waals surface area contributed by atoms with Crippen molar-refractivity contribution in [2.75, 3.05) is 0 Å². The summed E-state index contributed by atoms with van der Waals surface area (Å²) in [5.74, 6) is 0. The van der Waals surface area contributed by atoms with E-state index in [2.05, 4.69) is 42.1 Å². The quantitative estimate of drug-likeness (QED) is 0.646. The van der Waals surface area contributed by atoms with Gasteiger partial charge in [0.1, 0.15) is 0 Å². The number of nitrogens with zero attached hydrogens (tertiary/aromatic N) is 1. The smallest absolute Gasteiger partial charge is 0.183 e. The largest absolute Gasteiger partial charge is 0.239 e. The Labute approximate surface area is 96.9 Å². The lowest BCUT2D eigenvalue weighted by molar-refractivity contribution is 0.517. The van der Waals surface area contributed by atoms with E-state index in [4.69, 9.17) is 6.57 Å². The van der Waals surface area contributed by atoms with Crippen LogP contribution in [0, 0.1) is 6.57 Å². The Morgan fingerprint density at radius 1 is 1.31 bits per heavy atom. The van der Waals surface area contributed by atoms with Crippen molar-refractivity contribution in [1.29, 1.82) is 0 Å². The maximum Gasteiger partial charge on any atom is 0.183 e. The third kappa shape index (κ3) is 1.79. The molecular formula is C15H15N. The molecule has 0 N–H and O–H groups in total. The van der Waals surface area contributed by atoms with Gasteiger partial charge in [-0.3, -0.25) is 0 Å². The lowest BCUT2D eigenvalue weighted by Crippen LogP contribution is -2.23. The van der Waals surface area contributed by atoms with Crippen LogP contribution >= 0.6 is 0 Å². The molecule has 0 spiro atoms. The molecule has 1 aromatic rings. The van der Waals surface area contributed by atoms with Crippen LogP contribution in [-0.4, -0.2) is 0 Å². The van der Waals surface area contributed by atoms with Gasteiger partial charge in [0.15, 0.2) is 5.70 Å². The highest BCUT2D eigenvalue weighted by atomic mass is 14.7. The molecule has 2 rings (SSSR count). The molecule has 1 nitrogen and oxygen atoms in total. The first kappa shape index (κ1) is 10.7. The number of hydrogen-bond donors (Lipinski definition) is 0. The maximum absolute atomic E-state index is 6.99. The first-order valence-electron chi connectivity index (χ1n) is 5.63. The summed E-state index contributed by atoms with van der Waals surface area (Å²) in [6, 6.07) is 10.5. The summed E-state index contributed by atoms with van der Waals surface area (Å²) in [7, 11) is 0. The molecule has 1 aromatic carbocycles. The molecule has 0 bridgehead atoms. The first-order valence-corrected chi connectivity index (χ1v) is 5.63. The van der Waals surface area contributed by atoms with E-state index in [1.54, 1.807) is 0 Å². The van der Waals surface area contributed by atoms with Crippen LogP contribution in [0.3, 0.4) is 0 Å². The van der Waals surface area contributed by atoms with E-state index < -0.39 is 0 Å². The van der Waals surface area contributed by atoms with Crippen LogP contribution in [-0.2, 0) is 5.41 Å². The predicted molar refractivity (Wildman–Crippen MR) is 66.9 cm³/mol. The van der Waals surface area contributed by atoms with Crippen molar-refractivity contribution < 1.29 is 0 Å². The summed E-state index contributed by atoms with van der Waals surface area (Å²) in [6.07, 6.45) is 8.18. The van der Waals surface area contributed by atoms with E-state index >= 15 is 0 Å². The molecule has 1 aliphatic carbocycles. The molecule has 0 aromatic heterocycles. The Balaban J connectivity index is 2.35. The predicted octanol–water partition coefficient (Wildman–Crippen LogP) is 4.10. The van der Waals surface area contributed by atoms with Gasteiger partial charge in [0.2, 0.25) is 0 Å². The van der Waals surface area contributed by atoms with Crippen molar-refractivity contribution in [1.82, 2.24) is 0 Å². The lowest BCUT2D eigenvalue weighted by atomic mass is 9.73. The number of benzene rings is 1. The third-order valence-corrected chi connectivity index (χ3v) is 3.36. The molecule has 0 saturated carbocycles. The fourth-order valence-electron chi connectivity index (χ4n) is 2.20. The summed E-state index contributed by atoms with van der Waals surface area (Å²) in [5, 5.41) is 0. The highest BCUT2D eigenvalue weighted by Crippen LogP contribution is 2.37. The lowest BCUT2D eigenvalue weighted by Gasteiger charge is -2.31. The molecular weight excluding hydrogens is 194 g/mol. The van der Waals surface area contributed by atoms with E-state index in [0.717, 1.165) is 18.5 Å². The van der Waals surface area contributed by atoms with E-state index in [-0.39, 0.29) is 5.41 Å². The molecule has 0 heterocycles. The molecule has 16 heavy (non-hydrogen) atoms. The molecule has 0 aliphatic heterocycles. The van der Waals surface area contributed by atoms with Gasteiger partial charge in [-0.25, -0.2) is 4.85 Å². The minimum Gasteiger partial charge on any atom is -0.239 e. The van der Waals surface area contributed by atoms with Gasteiger partial charge in [0, 0.05) is 5.41 Å². The molecule has 0 amide bonds. The van der Waals surface area contributed by atoms with Crippen LogP contribution in [0.2, 0.25) is 0 Å². The average Bonchev–Trinajstić information content (AvgIpc) is 2.40. The third-order valence-electron chi connectivity index (χ3n) is 3.36. The van der Waals surface area contributed by atoms with Crippen molar-refractivity contribution in [2.24, 2.45) is 0 Å². The second kappa shape index (κ2) is 4.37. The topological polar surface area (TPSA) is 4.36 Å². The summed E-state index contributed by atoms with van der Waals surface area (Å²) in [4.78, 5) is 3.47. The average molecular weight is 209 g/mol. The second-order valence-electron chi connectivity index (χ2n) is 4.15. The highest BCUT2D eigenvalue weighted by Gasteiger charge is 2.27. The minimum atomic E-state index is 0.0927. The fraction of sp³-hybridized carbons (Fsp3) is 0.267. The first-order chi connectivity index (χ1) is 7.80. The number of hydrogen-bond acceptors (Lipinski definition) is 0.